The first kappa shape index (κ1) is 10.1. The lowest BCUT2D eigenvalue weighted by Gasteiger charge is -2.22. The van der Waals surface area contributed by atoms with Gasteiger partial charge in [0, 0.05) is 19.4 Å². The van der Waals surface area contributed by atoms with Gasteiger partial charge in [-0.05, 0) is 18.6 Å². The van der Waals surface area contributed by atoms with Crippen LogP contribution in [0.15, 0.2) is 18.2 Å². The van der Waals surface area contributed by atoms with Crippen molar-refractivity contribution in [3.8, 4) is 17.2 Å². The van der Waals surface area contributed by atoms with Crippen LogP contribution in [0.3, 0.4) is 0 Å². The molecule has 1 aromatic carbocycles. The molecule has 0 amide bonds. The predicted octanol–water partition coefficient (Wildman–Crippen LogP) is 3.07. The van der Waals surface area contributed by atoms with E-state index in [2.05, 4.69) is 6.92 Å². The van der Waals surface area contributed by atoms with Crippen molar-refractivity contribution >= 4 is 0 Å². The van der Waals surface area contributed by atoms with Gasteiger partial charge in [0.05, 0.1) is 0 Å². The lowest BCUT2D eigenvalue weighted by molar-refractivity contribution is -0.0694. The average molecular weight is 208 g/mol. The van der Waals surface area contributed by atoms with Crippen LogP contribution in [0.2, 0.25) is 0 Å². The number of hydrogen-bond donors (Lipinski definition) is 1. The number of fused-ring (bicyclic) bond motifs is 1. The Kier molecular flexibility index (Phi) is 2.47. The van der Waals surface area contributed by atoms with Crippen molar-refractivity contribution in [2.75, 3.05) is 0 Å². The second-order valence-electron chi connectivity index (χ2n) is 4.07. The maximum atomic E-state index is 9.31. The molecule has 0 saturated heterocycles. The first-order valence-electron chi connectivity index (χ1n) is 5.34. The first-order valence-corrected chi connectivity index (χ1v) is 5.34. The van der Waals surface area contributed by atoms with E-state index in [0.29, 0.717) is 11.5 Å². The second-order valence-corrected chi connectivity index (χ2v) is 4.07. The minimum atomic E-state index is -0.563. The van der Waals surface area contributed by atoms with E-state index in [1.165, 1.54) is 0 Å². The summed E-state index contributed by atoms with van der Waals surface area (Å²) in [6, 6.07) is 4.93. The molecular weight excluding hydrogens is 192 g/mol. The van der Waals surface area contributed by atoms with Gasteiger partial charge in [0.1, 0.15) is 5.75 Å². The summed E-state index contributed by atoms with van der Waals surface area (Å²) < 4.78 is 11.4. The maximum absolute atomic E-state index is 9.31. The van der Waals surface area contributed by atoms with Crippen molar-refractivity contribution in [2.45, 2.75) is 38.9 Å². The van der Waals surface area contributed by atoms with Gasteiger partial charge in [-0.3, -0.25) is 0 Å². The second kappa shape index (κ2) is 3.65. The van der Waals surface area contributed by atoms with Gasteiger partial charge in [-0.2, -0.15) is 0 Å². The average Bonchev–Trinajstić information content (AvgIpc) is 2.51. The first-order chi connectivity index (χ1) is 7.13. The largest absolute Gasteiger partial charge is 0.508 e. The minimum Gasteiger partial charge on any atom is -0.508 e. The Hall–Kier alpha value is -1.38. The Morgan fingerprint density at radius 2 is 2.00 bits per heavy atom. The minimum absolute atomic E-state index is 0.206. The van der Waals surface area contributed by atoms with Gasteiger partial charge in [0.15, 0.2) is 11.5 Å². The van der Waals surface area contributed by atoms with Gasteiger partial charge in [-0.1, -0.05) is 13.3 Å². The van der Waals surface area contributed by atoms with E-state index in [4.69, 9.17) is 9.47 Å². The molecular formula is C12H16O3. The van der Waals surface area contributed by atoms with E-state index in [-0.39, 0.29) is 5.75 Å². The van der Waals surface area contributed by atoms with E-state index >= 15 is 0 Å². The third-order valence-corrected chi connectivity index (χ3v) is 2.56. The molecule has 1 unspecified atom stereocenters. The van der Waals surface area contributed by atoms with Crippen molar-refractivity contribution in [3.05, 3.63) is 18.2 Å². The summed E-state index contributed by atoms with van der Waals surface area (Å²) >= 11 is 0. The quantitative estimate of drug-likeness (QED) is 0.829. The van der Waals surface area contributed by atoms with Gasteiger partial charge in [-0.25, -0.2) is 0 Å². The van der Waals surface area contributed by atoms with Crippen LogP contribution in [0.1, 0.15) is 33.1 Å². The van der Waals surface area contributed by atoms with Crippen LogP contribution in [0.5, 0.6) is 17.2 Å². The molecule has 0 fully saturated rings. The predicted molar refractivity (Wildman–Crippen MR) is 57.3 cm³/mol. The molecule has 3 nitrogen and oxygen atoms in total. The van der Waals surface area contributed by atoms with Crippen molar-refractivity contribution < 1.29 is 14.6 Å². The van der Waals surface area contributed by atoms with Crippen LogP contribution < -0.4 is 9.47 Å². The molecule has 1 aliphatic rings. The highest BCUT2D eigenvalue weighted by atomic mass is 16.7. The third-order valence-electron chi connectivity index (χ3n) is 2.56. The fourth-order valence-electron chi connectivity index (χ4n) is 1.75. The maximum Gasteiger partial charge on any atom is 0.248 e. The molecule has 1 aliphatic heterocycles. The lowest BCUT2D eigenvalue weighted by atomic mass is 10.1. The molecule has 1 N–H and O–H groups in total. The molecule has 82 valence electrons. The van der Waals surface area contributed by atoms with Crippen LogP contribution in [0.25, 0.3) is 0 Å². The highest BCUT2D eigenvalue weighted by Gasteiger charge is 2.36. The number of ether oxygens (including phenoxy) is 2. The molecule has 0 spiro atoms. The van der Waals surface area contributed by atoms with Crippen LogP contribution in [-0.4, -0.2) is 10.9 Å². The zero-order chi connectivity index (χ0) is 10.9. The highest BCUT2D eigenvalue weighted by molar-refractivity contribution is 5.47. The molecule has 3 heteroatoms. The number of rotatable bonds is 3. The van der Waals surface area contributed by atoms with E-state index in [0.717, 1.165) is 19.3 Å². The number of aromatic hydroxyl groups is 1. The molecule has 1 aromatic rings. The van der Waals surface area contributed by atoms with Crippen molar-refractivity contribution in [1.82, 2.24) is 0 Å². The van der Waals surface area contributed by atoms with Crippen molar-refractivity contribution in [3.63, 3.8) is 0 Å². The Morgan fingerprint density at radius 1 is 1.27 bits per heavy atom. The van der Waals surface area contributed by atoms with Crippen molar-refractivity contribution in [1.29, 1.82) is 0 Å². The van der Waals surface area contributed by atoms with E-state index in [1.54, 1.807) is 18.2 Å². The van der Waals surface area contributed by atoms with Gasteiger partial charge in [0.2, 0.25) is 5.79 Å². The number of hydrogen-bond acceptors (Lipinski definition) is 3. The third kappa shape index (κ3) is 2.01. The van der Waals surface area contributed by atoms with Crippen LogP contribution in [0.4, 0.5) is 0 Å². The summed E-state index contributed by atoms with van der Waals surface area (Å²) in [6.07, 6.45) is 3.04. The molecule has 0 aliphatic carbocycles. The highest BCUT2D eigenvalue weighted by Crippen LogP contribution is 2.42. The Bertz CT molecular complexity index is 362. The molecule has 2 rings (SSSR count). The zero-order valence-corrected chi connectivity index (χ0v) is 9.12. The molecule has 0 radical (unpaired) electrons. The summed E-state index contributed by atoms with van der Waals surface area (Å²) in [4.78, 5) is 0. The number of benzene rings is 1. The van der Waals surface area contributed by atoms with Crippen LogP contribution in [-0.2, 0) is 0 Å². The summed E-state index contributed by atoms with van der Waals surface area (Å²) in [5.41, 5.74) is 0. The molecule has 1 heterocycles. The fraction of sp³-hybridized carbons (Fsp3) is 0.500. The summed E-state index contributed by atoms with van der Waals surface area (Å²) in [5, 5.41) is 9.31. The molecule has 15 heavy (non-hydrogen) atoms. The van der Waals surface area contributed by atoms with Gasteiger partial charge >= 0.3 is 0 Å². The normalized spacial score (nSPS) is 23.1. The molecule has 0 bridgehead atoms. The number of unbranched alkanes of at least 4 members (excludes halogenated alkanes) is 1. The fourth-order valence-corrected chi connectivity index (χ4v) is 1.75. The number of phenols is 1. The number of phenolic OH excluding ortho intramolecular Hbond substituents is 1. The Morgan fingerprint density at radius 3 is 2.73 bits per heavy atom. The summed E-state index contributed by atoms with van der Waals surface area (Å²) in [5.74, 6) is 0.990. The molecule has 0 aromatic heterocycles. The zero-order valence-electron chi connectivity index (χ0n) is 9.12. The summed E-state index contributed by atoms with van der Waals surface area (Å²) in [7, 11) is 0. The Labute approximate surface area is 89.6 Å². The monoisotopic (exact) mass is 208 g/mol. The molecule has 1 atom stereocenters. The smallest absolute Gasteiger partial charge is 0.248 e. The van der Waals surface area contributed by atoms with Crippen molar-refractivity contribution in [2.24, 2.45) is 0 Å². The SMILES string of the molecule is CCCCC1(C)Oc2ccc(O)cc2O1. The van der Waals surface area contributed by atoms with E-state index in [1.807, 2.05) is 6.92 Å². The standard InChI is InChI=1S/C12H16O3/c1-3-4-7-12(2)14-10-6-5-9(13)8-11(10)15-12/h5-6,8,13H,3-4,7H2,1-2H3. The van der Waals surface area contributed by atoms with E-state index < -0.39 is 5.79 Å². The van der Waals surface area contributed by atoms with Gasteiger partial charge < -0.3 is 14.6 Å². The topological polar surface area (TPSA) is 38.7 Å². The summed E-state index contributed by atoms with van der Waals surface area (Å²) in [6.45, 7) is 4.07. The van der Waals surface area contributed by atoms with Gasteiger partial charge in [-0.15, -0.1) is 0 Å². The lowest BCUT2D eigenvalue weighted by Crippen LogP contribution is -2.34. The van der Waals surface area contributed by atoms with Crippen LogP contribution >= 0.6 is 0 Å². The van der Waals surface area contributed by atoms with Gasteiger partial charge in [0.25, 0.3) is 0 Å². The molecule has 0 saturated carbocycles. The van der Waals surface area contributed by atoms with Crippen LogP contribution in [0, 0.1) is 0 Å². The Balaban J connectivity index is 2.14. The van der Waals surface area contributed by atoms with E-state index in [9.17, 15) is 5.11 Å².